The Kier molecular flexibility index (Phi) is 1.57. The van der Waals surface area contributed by atoms with Gasteiger partial charge in [0.1, 0.15) is 5.60 Å². The minimum atomic E-state index is -0.160. The largest absolute Gasteiger partial charge is 0.232 e. The molecule has 1 rings (SSSR count). The van der Waals surface area contributed by atoms with Gasteiger partial charge in [-0.05, 0) is 20.8 Å². The Morgan fingerprint density at radius 1 is 1.10 bits per heavy atom. The first-order valence-electron chi connectivity index (χ1n) is 3.72. The summed E-state index contributed by atoms with van der Waals surface area (Å²) in [6.07, 6.45) is 0.183. The third-order valence-electron chi connectivity index (χ3n) is 2.97. The molecule has 60 valence electrons. The molecule has 2 nitrogen and oxygen atoms in total. The number of hydrogen-bond donors (Lipinski definition) is 0. The smallest absolute Gasteiger partial charge is 0.106 e. The predicted molar refractivity (Wildman–Crippen MR) is 39.5 cm³/mol. The molecule has 1 fully saturated rings. The highest BCUT2D eigenvalue weighted by molar-refractivity contribution is 4.93. The average molecular weight is 144 g/mol. The summed E-state index contributed by atoms with van der Waals surface area (Å²) in [5, 5.41) is 0. The monoisotopic (exact) mass is 144 g/mol. The van der Waals surface area contributed by atoms with Gasteiger partial charge in [0.25, 0.3) is 0 Å². The van der Waals surface area contributed by atoms with Crippen molar-refractivity contribution in [2.24, 2.45) is 5.41 Å². The van der Waals surface area contributed by atoms with Crippen LogP contribution in [0.5, 0.6) is 0 Å². The van der Waals surface area contributed by atoms with Crippen molar-refractivity contribution in [3.8, 4) is 0 Å². The van der Waals surface area contributed by atoms with Gasteiger partial charge in [0.05, 0.1) is 6.10 Å². The zero-order valence-corrected chi connectivity index (χ0v) is 7.39. The van der Waals surface area contributed by atoms with Crippen molar-refractivity contribution in [2.45, 2.75) is 46.3 Å². The van der Waals surface area contributed by atoms with E-state index in [2.05, 4.69) is 27.7 Å². The van der Waals surface area contributed by atoms with Crippen molar-refractivity contribution in [3.63, 3.8) is 0 Å². The molecule has 0 amide bonds. The van der Waals surface area contributed by atoms with Crippen molar-refractivity contribution in [1.82, 2.24) is 0 Å². The maximum absolute atomic E-state index is 5.17. The molecule has 2 heteroatoms. The number of hydrogen-bond acceptors (Lipinski definition) is 2. The lowest BCUT2D eigenvalue weighted by Gasteiger charge is -2.31. The molecule has 1 heterocycles. The van der Waals surface area contributed by atoms with Gasteiger partial charge in [0, 0.05) is 5.41 Å². The van der Waals surface area contributed by atoms with E-state index in [1.54, 1.807) is 0 Å². The molecular formula is C8H16O2. The van der Waals surface area contributed by atoms with E-state index in [1.807, 2.05) is 6.92 Å². The van der Waals surface area contributed by atoms with Crippen molar-refractivity contribution < 1.29 is 9.78 Å². The van der Waals surface area contributed by atoms with Gasteiger partial charge < -0.3 is 0 Å². The van der Waals surface area contributed by atoms with Gasteiger partial charge in [-0.25, -0.2) is 9.78 Å². The summed E-state index contributed by atoms with van der Waals surface area (Å²) < 4.78 is 0. The van der Waals surface area contributed by atoms with Gasteiger partial charge in [-0.3, -0.25) is 0 Å². The van der Waals surface area contributed by atoms with Crippen LogP contribution in [0.2, 0.25) is 0 Å². The van der Waals surface area contributed by atoms with E-state index in [9.17, 15) is 0 Å². The Morgan fingerprint density at radius 3 is 1.70 bits per heavy atom. The molecule has 0 aromatic heterocycles. The van der Waals surface area contributed by atoms with Crippen molar-refractivity contribution in [2.75, 3.05) is 0 Å². The summed E-state index contributed by atoms with van der Waals surface area (Å²) >= 11 is 0. The maximum atomic E-state index is 5.17. The Morgan fingerprint density at radius 2 is 1.60 bits per heavy atom. The molecule has 1 saturated heterocycles. The van der Waals surface area contributed by atoms with E-state index >= 15 is 0 Å². The maximum Gasteiger partial charge on any atom is 0.106 e. The molecule has 0 bridgehead atoms. The fourth-order valence-corrected chi connectivity index (χ4v) is 0.910. The van der Waals surface area contributed by atoms with E-state index in [0.29, 0.717) is 0 Å². The second-order valence-corrected chi connectivity index (χ2v) is 4.05. The molecule has 0 aromatic rings. The Hall–Kier alpha value is -0.0800. The highest BCUT2D eigenvalue weighted by atomic mass is 17.2. The van der Waals surface area contributed by atoms with Crippen LogP contribution in [-0.4, -0.2) is 11.7 Å². The second kappa shape index (κ2) is 1.95. The quantitative estimate of drug-likeness (QED) is 0.485. The van der Waals surface area contributed by atoms with Crippen LogP contribution < -0.4 is 0 Å². The molecule has 1 unspecified atom stereocenters. The summed E-state index contributed by atoms with van der Waals surface area (Å²) in [5.74, 6) is 0. The molecule has 0 aromatic carbocycles. The zero-order chi connectivity index (χ0) is 7.99. The summed E-state index contributed by atoms with van der Waals surface area (Å²) in [4.78, 5) is 10.3. The van der Waals surface area contributed by atoms with Gasteiger partial charge in [0.15, 0.2) is 0 Å². The predicted octanol–water partition coefficient (Wildman–Crippen LogP) is 2.14. The zero-order valence-electron chi connectivity index (χ0n) is 7.39. The minimum Gasteiger partial charge on any atom is -0.232 e. The minimum absolute atomic E-state index is 0.104. The fraction of sp³-hybridized carbons (Fsp3) is 1.00. The van der Waals surface area contributed by atoms with Gasteiger partial charge >= 0.3 is 0 Å². The topological polar surface area (TPSA) is 18.5 Å². The molecule has 0 N–H and O–H groups in total. The van der Waals surface area contributed by atoms with Crippen molar-refractivity contribution in [3.05, 3.63) is 0 Å². The molecule has 1 aliphatic heterocycles. The van der Waals surface area contributed by atoms with E-state index in [-0.39, 0.29) is 17.1 Å². The summed E-state index contributed by atoms with van der Waals surface area (Å²) in [6.45, 7) is 10.5. The Labute approximate surface area is 62.4 Å². The van der Waals surface area contributed by atoms with Crippen LogP contribution in [0.4, 0.5) is 0 Å². The molecule has 1 aliphatic rings. The van der Waals surface area contributed by atoms with E-state index in [0.717, 1.165) is 0 Å². The second-order valence-electron chi connectivity index (χ2n) is 4.05. The summed E-state index contributed by atoms with van der Waals surface area (Å²) in [6, 6.07) is 0. The van der Waals surface area contributed by atoms with Gasteiger partial charge in [-0.2, -0.15) is 0 Å². The third kappa shape index (κ3) is 0.867. The van der Waals surface area contributed by atoms with Crippen molar-refractivity contribution >= 4 is 0 Å². The highest BCUT2D eigenvalue weighted by Crippen LogP contribution is 2.44. The van der Waals surface area contributed by atoms with Crippen LogP contribution >= 0.6 is 0 Å². The van der Waals surface area contributed by atoms with Crippen LogP contribution in [0.15, 0.2) is 0 Å². The van der Waals surface area contributed by atoms with Gasteiger partial charge in [-0.1, -0.05) is 13.8 Å². The lowest BCUT2D eigenvalue weighted by Crippen LogP contribution is -2.39. The average Bonchev–Trinajstić information content (AvgIpc) is 1.94. The van der Waals surface area contributed by atoms with Crippen LogP contribution in [0.1, 0.15) is 34.6 Å². The Bertz CT molecular complexity index is 138. The van der Waals surface area contributed by atoms with Crippen molar-refractivity contribution in [1.29, 1.82) is 0 Å². The van der Waals surface area contributed by atoms with Crippen LogP contribution in [-0.2, 0) is 9.78 Å². The number of rotatable bonds is 0. The van der Waals surface area contributed by atoms with E-state index in [4.69, 9.17) is 9.78 Å². The van der Waals surface area contributed by atoms with Crippen LogP contribution in [0, 0.1) is 5.41 Å². The molecule has 1 atom stereocenters. The molecular weight excluding hydrogens is 128 g/mol. The van der Waals surface area contributed by atoms with Gasteiger partial charge in [0.2, 0.25) is 0 Å². The van der Waals surface area contributed by atoms with Crippen LogP contribution in [0.3, 0.4) is 0 Å². The fourth-order valence-electron chi connectivity index (χ4n) is 0.910. The molecule has 0 radical (unpaired) electrons. The highest BCUT2D eigenvalue weighted by Gasteiger charge is 2.50. The normalized spacial score (nSPS) is 36.3. The van der Waals surface area contributed by atoms with E-state index < -0.39 is 0 Å². The van der Waals surface area contributed by atoms with Gasteiger partial charge in [-0.15, -0.1) is 0 Å². The summed E-state index contributed by atoms with van der Waals surface area (Å²) in [7, 11) is 0. The molecule has 0 spiro atoms. The van der Waals surface area contributed by atoms with E-state index in [1.165, 1.54) is 0 Å². The first kappa shape index (κ1) is 8.02. The summed E-state index contributed by atoms with van der Waals surface area (Å²) in [5.41, 5.74) is -0.0561. The van der Waals surface area contributed by atoms with Crippen LogP contribution in [0.25, 0.3) is 0 Å². The first-order chi connectivity index (χ1) is 4.38. The lowest BCUT2D eigenvalue weighted by molar-refractivity contribution is -0.316. The standard InChI is InChI=1S/C8H16O2/c1-6-7(2,3)8(4,5)10-9-6/h6H,1-5H3. The molecule has 10 heavy (non-hydrogen) atoms. The molecule has 0 saturated carbocycles. The molecule has 0 aliphatic carbocycles. The first-order valence-corrected chi connectivity index (χ1v) is 3.72. The SMILES string of the molecule is CC1OOC(C)(C)C1(C)C. The lowest BCUT2D eigenvalue weighted by atomic mass is 9.74. The third-order valence-corrected chi connectivity index (χ3v) is 2.97. The Balaban J connectivity index is 2.84.